The topological polar surface area (TPSA) is 0 Å². The summed E-state index contributed by atoms with van der Waals surface area (Å²) in [4.78, 5) is 1.35. The van der Waals surface area contributed by atoms with E-state index in [4.69, 9.17) is 0 Å². The minimum absolute atomic E-state index is 0.770. The molecule has 0 amide bonds. The van der Waals surface area contributed by atoms with Crippen molar-refractivity contribution in [3.63, 3.8) is 0 Å². The molecular weight excluding hydrogens is 176 g/mol. The third-order valence-corrected chi connectivity index (χ3v) is 2.27. The van der Waals surface area contributed by atoms with E-state index in [1.807, 2.05) is 13.8 Å². The fourth-order valence-electron chi connectivity index (χ4n) is 0.842. The minimum Gasteiger partial charge on any atom is -0.144 e. The first-order chi connectivity index (χ1) is 6.29. The van der Waals surface area contributed by atoms with Gasteiger partial charge in [0.1, 0.15) is 0 Å². The first-order valence-electron chi connectivity index (χ1n) is 4.99. The second-order valence-corrected chi connectivity index (χ2v) is 4.03. The van der Waals surface area contributed by atoms with Crippen molar-refractivity contribution in [2.24, 2.45) is 5.92 Å². The van der Waals surface area contributed by atoms with Crippen molar-refractivity contribution >= 4 is 17.4 Å². The normalized spacial score (nSPS) is 10.2. The zero-order chi connectivity index (χ0) is 10.1. The Labute approximate surface area is 86.3 Å². The van der Waals surface area contributed by atoms with Crippen LogP contribution in [0, 0.1) is 5.92 Å². The molecule has 1 aromatic heterocycles. The third-order valence-electron chi connectivity index (χ3n) is 1.43. The maximum atomic E-state index is 2.25. The van der Waals surface area contributed by atoms with Crippen molar-refractivity contribution in [3.8, 4) is 0 Å². The molecular formula is C12H20S. The maximum absolute atomic E-state index is 2.25. The number of allylic oxidation sites excluding steroid dienone is 1. The second kappa shape index (κ2) is 8.06. The second-order valence-electron chi connectivity index (χ2n) is 3.05. The largest absolute Gasteiger partial charge is 0.144 e. The van der Waals surface area contributed by atoms with Crippen molar-refractivity contribution in [2.45, 2.75) is 34.1 Å². The van der Waals surface area contributed by atoms with Crippen LogP contribution in [-0.4, -0.2) is 0 Å². The van der Waals surface area contributed by atoms with Gasteiger partial charge in [-0.05, 0) is 29.9 Å². The molecule has 13 heavy (non-hydrogen) atoms. The highest BCUT2D eigenvalue weighted by molar-refractivity contribution is 7.10. The highest BCUT2D eigenvalue weighted by Gasteiger charge is 1.88. The summed E-state index contributed by atoms with van der Waals surface area (Å²) >= 11 is 1.79. The van der Waals surface area contributed by atoms with Gasteiger partial charge in [0, 0.05) is 4.88 Å². The Morgan fingerprint density at radius 3 is 2.54 bits per heavy atom. The van der Waals surface area contributed by atoms with Gasteiger partial charge in [0.2, 0.25) is 0 Å². The smallest absolute Gasteiger partial charge is 0.0267 e. The summed E-state index contributed by atoms with van der Waals surface area (Å²) in [7, 11) is 0. The standard InChI is InChI=1S/C10H14S.C2H6/c1-9(2)5-3-6-10-7-4-8-11-10;1-2/h3-4,6-9H,5H2,1-2H3;1-2H3/b6-3+;. The van der Waals surface area contributed by atoms with Crippen LogP contribution in [0.1, 0.15) is 39.0 Å². The third kappa shape index (κ3) is 6.59. The van der Waals surface area contributed by atoms with Gasteiger partial charge in [0.05, 0.1) is 0 Å². The SMILES string of the molecule is CC.CC(C)C/C=C/c1cccs1. The molecule has 0 fully saturated rings. The lowest BCUT2D eigenvalue weighted by atomic mass is 10.1. The Bertz CT molecular complexity index is 207. The van der Waals surface area contributed by atoms with Gasteiger partial charge in [0.15, 0.2) is 0 Å². The Balaban J connectivity index is 0.000000671. The lowest BCUT2D eigenvalue weighted by molar-refractivity contribution is 0.665. The van der Waals surface area contributed by atoms with Crippen molar-refractivity contribution < 1.29 is 0 Å². The highest BCUT2D eigenvalue weighted by atomic mass is 32.1. The molecule has 74 valence electrons. The lowest BCUT2D eigenvalue weighted by Gasteiger charge is -1.95. The predicted octanol–water partition coefficient (Wildman–Crippen LogP) is 4.83. The molecule has 1 aromatic rings. The quantitative estimate of drug-likeness (QED) is 0.649. The molecule has 0 atom stereocenters. The number of rotatable bonds is 3. The van der Waals surface area contributed by atoms with Crippen molar-refractivity contribution in [2.75, 3.05) is 0 Å². The highest BCUT2D eigenvalue weighted by Crippen LogP contribution is 2.11. The van der Waals surface area contributed by atoms with Crippen LogP contribution in [0.2, 0.25) is 0 Å². The van der Waals surface area contributed by atoms with E-state index >= 15 is 0 Å². The van der Waals surface area contributed by atoms with Crippen LogP contribution < -0.4 is 0 Å². The summed E-state index contributed by atoms with van der Waals surface area (Å²) in [5.74, 6) is 0.770. The Morgan fingerprint density at radius 2 is 2.08 bits per heavy atom. The molecule has 1 heterocycles. The molecule has 1 rings (SSSR count). The molecule has 0 nitrogen and oxygen atoms in total. The van der Waals surface area contributed by atoms with E-state index in [1.165, 1.54) is 11.3 Å². The van der Waals surface area contributed by atoms with Crippen LogP contribution in [0.5, 0.6) is 0 Å². The molecule has 0 N–H and O–H groups in total. The van der Waals surface area contributed by atoms with E-state index < -0.39 is 0 Å². The van der Waals surface area contributed by atoms with E-state index in [0.717, 1.165) is 5.92 Å². The minimum atomic E-state index is 0.770. The molecule has 0 aromatic carbocycles. The Morgan fingerprint density at radius 1 is 1.38 bits per heavy atom. The van der Waals surface area contributed by atoms with Gasteiger partial charge < -0.3 is 0 Å². The summed E-state index contributed by atoms with van der Waals surface area (Å²) in [6.07, 6.45) is 5.62. The first-order valence-corrected chi connectivity index (χ1v) is 5.87. The average Bonchev–Trinajstić information content (AvgIpc) is 2.60. The van der Waals surface area contributed by atoms with Crippen molar-refractivity contribution in [3.05, 3.63) is 28.5 Å². The fraction of sp³-hybridized carbons (Fsp3) is 0.500. The molecule has 0 bridgehead atoms. The van der Waals surface area contributed by atoms with E-state index in [2.05, 4.69) is 43.5 Å². The van der Waals surface area contributed by atoms with Gasteiger partial charge >= 0.3 is 0 Å². The van der Waals surface area contributed by atoms with Crippen LogP contribution in [0.15, 0.2) is 23.6 Å². The van der Waals surface area contributed by atoms with Gasteiger partial charge in [-0.3, -0.25) is 0 Å². The molecule has 0 spiro atoms. The van der Waals surface area contributed by atoms with Gasteiger partial charge in [-0.1, -0.05) is 39.8 Å². The van der Waals surface area contributed by atoms with E-state index in [-0.39, 0.29) is 0 Å². The number of thiophene rings is 1. The summed E-state index contributed by atoms with van der Waals surface area (Å²) in [5, 5.41) is 2.11. The zero-order valence-electron chi connectivity index (χ0n) is 9.08. The van der Waals surface area contributed by atoms with Gasteiger partial charge in [-0.15, -0.1) is 11.3 Å². The average molecular weight is 196 g/mol. The summed E-state index contributed by atoms with van der Waals surface area (Å²) in [6.45, 7) is 8.47. The molecule has 0 aliphatic heterocycles. The van der Waals surface area contributed by atoms with E-state index in [0.29, 0.717) is 0 Å². The zero-order valence-corrected chi connectivity index (χ0v) is 9.90. The molecule has 0 aliphatic carbocycles. The monoisotopic (exact) mass is 196 g/mol. The van der Waals surface area contributed by atoms with Gasteiger partial charge in [0.25, 0.3) is 0 Å². The first kappa shape index (κ1) is 12.4. The van der Waals surface area contributed by atoms with Crippen LogP contribution in [0.25, 0.3) is 6.08 Å². The van der Waals surface area contributed by atoms with Crippen LogP contribution >= 0.6 is 11.3 Å². The molecule has 1 heteroatoms. The molecule has 0 saturated heterocycles. The van der Waals surface area contributed by atoms with Gasteiger partial charge in [-0.25, -0.2) is 0 Å². The van der Waals surface area contributed by atoms with Crippen LogP contribution in [-0.2, 0) is 0 Å². The Hall–Kier alpha value is -0.560. The van der Waals surface area contributed by atoms with Crippen LogP contribution in [0.4, 0.5) is 0 Å². The van der Waals surface area contributed by atoms with Crippen molar-refractivity contribution in [1.82, 2.24) is 0 Å². The Kier molecular flexibility index (Phi) is 7.71. The van der Waals surface area contributed by atoms with Crippen LogP contribution in [0.3, 0.4) is 0 Å². The number of hydrogen-bond acceptors (Lipinski definition) is 1. The summed E-state index contributed by atoms with van der Waals surface area (Å²) in [6, 6.07) is 4.22. The molecule has 0 saturated carbocycles. The summed E-state index contributed by atoms with van der Waals surface area (Å²) in [5.41, 5.74) is 0. The number of hydrogen-bond donors (Lipinski definition) is 0. The maximum Gasteiger partial charge on any atom is 0.0267 e. The van der Waals surface area contributed by atoms with Gasteiger partial charge in [-0.2, -0.15) is 0 Å². The predicted molar refractivity (Wildman–Crippen MR) is 64.2 cm³/mol. The molecule has 0 radical (unpaired) electrons. The lowest BCUT2D eigenvalue weighted by Crippen LogP contribution is -1.80. The molecule has 0 aliphatic rings. The summed E-state index contributed by atoms with van der Waals surface area (Å²) < 4.78 is 0. The fourth-order valence-corrected chi connectivity index (χ4v) is 1.49. The molecule has 0 unspecified atom stereocenters. The van der Waals surface area contributed by atoms with E-state index in [1.54, 1.807) is 11.3 Å². The van der Waals surface area contributed by atoms with E-state index in [9.17, 15) is 0 Å². The van der Waals surface area contributed by atoms with Crippen molar-refractivity contribution in [1.29, 1.82) is 0 Å².